The van der Waals surface area contributed by atoms with Crippen LogP contribution in [-0.2, 0) is 33.2 Å². The highest BCUT2D eigenvalue weighted by Crippen LogP contribution is 2.33. The van der Waals surface area contributed by atoms with Crippen LogP contribution in [0.25, 0.3) is 0 Å². The monoisotopic (exact) mass is 1290 g/mol. The van der Waals surface area contributed by atoms with E-state index < -0.39 is 131 Å². The van der Waals surface area contributed by atoms with Crippen LogP contribution in [0, 0.1) is 0 Å². The molecule has 0 aliphatic carbocycles. The third kappa shape index (κ3) is 34.6. The number of ether oxygens (including phenoxy) is 6. The van der Waals surface area contributed by atoms with E-state index in [1.807, 2.05) is 18.2 Å². The summed E-state index contributed by atoms with van der Waals surface area (Å²) in [6.07, 6.45) is 43.8. The van der Waals surface area contributed by atoms with Gasteiger partial charge in [-0.1, -0.05) is 226 Å². The Hall–Kier alpha value is -3.55. The molecular formula is C72H121NO18. The van der Waals surface area contributed by atoms with Crippen molar-refractivity contribution in [3.63, 3.8) is 0 Å². The van der Waals surface area contributed by atoms with Crippen molar-refractivity contribution in [1.29, 1.82) is 0 Å². The van der Waals surface area contributed by atoms with E-state index in [9.17, 15) is 61.0 Å². The Kier molecular flexibility index (Phi) is 47.3. The van der Waals surface area contributed by atoms with Crippen LogP contribution in [0.3, 0.4) is 0 Å². The standard InChI is InChI=1S/C72H121NO18/c1-3-5-7-9-11-13-15-17-19-21-23-24-25-26-27-28-29-30-32-33-35-37-39-41-43-45-47-49-56(77)55(73-60(78)50-48-46-44-42-40-38-36-34-31-22-20-18-16-14-12-10-8-6-4-2)54-86-70-66(84)63(81)68(58(52-75)88-70)91-72-67(85)64(82)69(59(53-76)89-72)90-71-65(83)62(80)61(79)57(51-74)87-71/h6,8,12,14,18,20,31-34,38-41,44,46-47,49,55-59,61-72,74-77,79-85H,3-5,7,9-11,13,15-17,19,21-30,35-37,42-43,45,48,50-54H2,1-2H3,(H,73,78)/b8-6-,14-12-,20-18-,33-32+,34-31-,40-38-,41-39+,46-44-,49-47+. The minimum absolute atomic E-state index is 0.100. The molecule has 0 saturated carbocycles. The lowest BCUT2D eigenvalue weighted by Crippen LogP contribution is -2.66. The SMILES string of the molecule is CC/C=C\C/C=C\C/C=C\C/C=C\C/C=C\C/C=C\CCC(=O)NC(COC1OC(CO)C(OC2OC(CO)C(OC3OC(CO)C(O)C(O)C3O)C(O)C2O)C(O)C1O)C(O)/C=C/CC/C=C/CC/C=C/CCCCCCCCCCCCCCCCCCC. The van der Waals surface area contributed by atoms with Gasteiger partial charge in [-0.25, -0.2) is 0 Å². The minimum Gasteiger partial charge on any atom is -0.394 e. The van der Waals surface area contributed by atoms with Gasteiger partial charge in [-0.15, -0.1) is 0 Å². The third-order valence-electron chi connectivity index (χ3n) is 16.5. The number of aliphatic hydroxyl groups excluding tert-OH is 11. The van der Waals surface area contributed by atoms with E-state index in [1.165, 1.54) is 109 Å². The number of carbonyl (C=O) groups excluding carboxylic acids is 1. The van der Waals surface area contributed by atoms with Crippen LogP contribution in [0.5, 0.6) is 0 Å². The smallest absolute Gasteiger partial charge is 0.220 e. The Balaban J connectivity index is 1.48. The van der Waals surface area contributed by atoms with Crippen molar-refractivity contribution in [3.8, 4) is 0 Å². The average Bonchev–Trinajstić information content (AvgIpc) is 0.886. The van der Waals surface area contributed by atoms with Crippen LogP contribution < -0.4 is 5.32 Å². The van der Waals surface area contributed by atoms with Gasteiger partial charge in [0.15, 0.2) is 18.9 Å². The van der Waals surface area contributed by atoms with Gasteiger partial charge in [-0.3, -0.25) is 4.79 Å². The molecule has 0 aromatic heterocycles. The van der Waals surface area contributed by atoms with Crippen LogP contribution >= 0.6 is 0 Å². The zero-order valence-corrected chi connectivity index (χ0v) is 55.0. The number of aliphatic hydroxyl groups is 11. The molecule has 17 unspecified atom stereocenters. The van der Waals surface area contributed by atoms with Crippen LogP contribution in [0.15, 0.2) is 109 Å². The molecule has 1 amide bonds. The average molecular weight is 1290 g/mol. The van der Waals surface area contributed by atoms with Crippen molar-refractivity contribution in [2.45, 2.75) is 311 Å². The van der Waals surface area contributed by atoms with E-state index in [1.54, 1.807) is 6.08 Å². The van der Waals surface area contributed by atoms with Gasteiger partial charge in [-0.05, 0) is 83.5 Å². The van der Waals surface area contributed by atoms with E-state index >= 15 is 0 Å². The summed E-state index contributed by atoms with van der Waals surface area (Å²) in [5, 5.41) is 120. The first kappa shape index (κ1) is 81.7. The Bertz CT molecular complexity index is 2070. The van der Waals surface area contributed by atoms with Gasteiger partial charge in [-0.2, -0.15) is 0 Å². The van der Waals surface area contributed by atoms with Crippen molar-refractivity contribution in [2.75, 3.05) is 26.4 Å². The molecule has 3 aliphatic heterocycles. The van der Waals surface area contributed by atoms with Gasteiger partial charge in [0.05, 0.1) is 38.6 Å². The highest BCUT2D eigenvalue weighted by molar-refractivity contribution is 5.76. The molecule has 0 aromatic carbocycles. The number of hydrogen-bond donors (Lipinski definition) is 12. The van der Waals surface area contributed by atoms with Gasteiger partial charge >= 0.3 is 0 Å². The summed E-state index contributed by atoms with van der Waals surface area (Å²) in [6, 6.07) is -1.05. The molecular weight excluding hydrogens is 1170 g/mol. The second-order valence-corrected chi connectivity index (χ2v) is 24.2. The van der Waals surface area contributed by atoms with Crippen molar-refractivity contribution >= 4 is 5.91 Å². The highest BCUT2D eigenvalue weighted by Gasteiger charge is 2.53. The minimum atomic E-state index is -2.00. The summed E-state index contributed by atoms with van der Waals surface area (Å²) in [6.45, 7) is 1.53. The number of rotatable bonds is 51. The van der Waals surface area contributed by atoms with E-state index in [-0.39, 0.29) is 12.3 Å². The fraction of sp³-hybridized carbons (Fsp3) is 0.736. The predicted octanol–water partition coefficient (Wildman–Crippen LogP) is 9.05. The van der Waals surface area contributed by atoms with Crippen LogP contribution in [0.4, 0.5) is 0 Å². The van der Waals surface area contributed by atoms with Crippen molar-refractivity contribution in [1.82, 2.24) is 5.32 Å². The zero-order valence-electron chi connectivity index (χ0n) is 55.0. The summed E-state index contributed by atoms with van der Waals surface area (Å²) < 4.78 is 34.3. The summed E-state index contributed by atoms with van der Waals surface area (Å²) in [7, 11) is 0. The fourth-order valence-electron chi connectivity index (χ4n) is 11.0. The molecule has 0 aromatic rings. The first-order valence-corrected chi connectivity index (χ1v) is 34.6. The van der Waals surface area contributed by atoms with Crippen LogP contribution in [0.2, 0.25) is 0 Å². The number of hydrogen-bond acceptors (Lipinski definition) is 18. The third-order valence-corrected chi connectivity index (χ3v) is 16.5. The number of nitrogens with one attached hydrogen (secondary N) is 1. The number of carbonyl (C=O) groups is 1. The normalized spacial score (nSPS) is 28.6. The molecule has 12 N–H and O–H groups in total. The predicted molar refractivity (Wildman–Crippen MR) is 355 cm³/mol. The largest absolute Gasteiger partial charge is 0.394 e. The van der Waals surface area contributed by atoms with E-state index in [0.29, 0.717) is 19.3 Å². The summed E-state index contributed by atoms with van der Waals surface area (Å²) in [4.78, 5) is 13.3. The molecule has 522 valence electrons. The zero-order chi connectivity index (χ0) is 66.1. The quantitative estimate of drug-likeness (QED) is 0.0200. The van der Waals surface area contributed by atoms with Gasteiger partial charge in [0, 0.05) is 6.42 Å². The van der Waals surface area contributed by atoms with Crippen LogP contribution in [-0.4, -0.2) is 193 Å². The molecule has 0 radical (unpaired) electrons. The topological polar surface area (TPSA) is 307 Å². The second-order valence-electron chi connectivity index (χ2n) is 24.2. The lowest BCUT2D eigenvalue weighted by molar-refractivity contribution is -0.379. The second kappa shape index (κ2) is 52.7. The first-order chi connectivity index (χ1) is 44.3. The molecule has 3 aliphatic rings. The maximum absolute atomic E-state index is 13.3. The number of allylic oxidation sites excluding steroid dienone is 17. The molecule has 3 saturated heterocycles. The number of unbranched alkanes of at least 4 members (excludes halogenated alkanes) is 19. The van der Waals surface area contributed by atoms with Gasteiger partial charge in [0.1, 0.15) is 73.2 Å². The van der Waals surface area contributed by atoms with Crippen molar-refractivity contribution < 1.29 is 89.4 Å². The molecule has 19 heteroatoms. The summed E-state index contributed by atoms with van der Waals surface area (Å²) in [5.41, 5.74) is 0. The molecule has 0 bridgehead atoms. The maximum Gasteiger partial charge on any atom is 0.220 e. The van der Waals surface area contributed by atoms with E-state index in [0.717, 1.165) is 57.8 Å². The van der Waals surface area contributed by atoms with Crippen LogP contribution in [0.1, 0.15) is 206 Å². The maximum atomic E-state index is 13.3. The van der Waals surface area contributed by atoms with Gasteiger partial charge < -0.3 is 89.9 Å². The van der Waals surface area contributed by atoms with E-state index in [4.69, 9.17) is 28.4 Å². The van der Waals surface area contributed by atoms with Crippen molar-refractivity contribution in [3.05, 3.63) is 109 Å². The van der Waals surface area contributed by atoms with Crippen molar-refractivity contribution in [2.24, 2.45) is 0 Å². The fourth-order valence-corrected chi connectivity index (χ4v) is 11.0. The molecule has 3 rings (SSSR count). The highest BCUT2D eigenvalue weighted by atomic mass is 16.8. The molecule has 17 atom stereocenters. The molecule has 0 spiro atoms. The Morgan fingerprint density at radius 1 is 0.407 bits per heavy atom. The Labute approximate surface area is 545 Å². The summed E-state index contributed by atoms with van der Waals surface area (Å²) >= 11 is 0. The molecule has 3 fully saturated rings. The molecule has 3 heterocycles. The molecule has 91 heavy (non-hydrogen) atoms. The summed E-state index contributed by atoms with van der Waals surface area (Å²) in [5.74, 6) is -0.375. The Morgan fingerprint density at radius 2 is 0.769 bits per heavy atom. The number of amides is 1. The Morgan fingerprint density at radius 3 is 1.22 bits per heavy atom. The van der Waals surface area contributed by atoms with E-state index in [2.05, 4.69) is 104 Å². The van der Waals surface area contributed by atoms with Gasteiger partial charge in [0.25, 0.3) is 0 Å². The first-order valence-electron chi connectivity index (χ1n) is 34.6. The van der Waals surface area contributed by atoms with Gasteiger partial charge in [0.2, 0.25) is 5.91 Å². The molecule has 19 nitrogen and oxygen atoms in total. The lowest BCUT2D eigenvalue weighted by Gasteiger charge is -2.48. The lowest BCUT2D eigenvalue weighted by atomic mass is 9.96.